The van der Waals surface area contributed by atoms with E-state index in [0.717, 1.165) is 0 Å². The molecule has 0 amide bonds. The summed E-state index contributed by atoms with van der Waals surface area (Å²) < 4.78 is 0. The van der Waals surface area contributed by atoms with Crippen molar-refractivity contribution >= 4 is 0 Å². The predicted octanol–water partition coefficient (Wildman–Crippen LogP) is 1.81. The van der Waals surface area contributed by atoms with E-state index in [4.69, 9.17) is 5.26 Å². The third kappa shape index (κ3) is 3.29. The molecule has 1 aromatic rings. The van der Waals surface area contributed by atoms with Gasteiger partial charge in [-0.1, -0.05) is 5.56 Å². The topological polar surface area (TPSA) is 23.8 Å². The summed E-state index contributed by atoms with van der Waals surface area (Å²) in [5, 5.41) is 8.27. The largest absolute Gasteiger partial charge is 2.00 e. The number of rotatable bonds is 0. The van der Waals surface area contributed by atoms with Gasteiger partial charge in [-0.25, -0.2) is 0 Å². The Morgan fingerprint density at radius 2 is 1.80 bits per heavy atom. The van der Waals surface area contributed by atoms with Crippen LogP contribution in [0.2, 0.25) is 0 Å². The van der Waals surface area contributed by atoms with E-state index in [2.05, 4.69) is 6.07 Å². The first-order valence-electron chi connectivity index (χ1n) is 2.29. The van der Waals surface area contributed by atoms with Gasteiger partial charge in [0.15, 0.2) is 0 Å². The van der Waals surface area contributed by atoms with Gasteiger partial charge < -0.3 is 7.43 Å². The summed E-state index contributed by atoms with van der Waals surface area (Å²) >= 11 is 0. The summed E-state index contributed by atoms with van der Waals surface area (Å²) in [6.45, 7) is 0. The molecule has 10 heavy (non-hydrogen) atoms. The zero-order valence-corrected chi connectivity index (χ0v) is 6.82. The summed E-state index contributed by atoms with van der Waals surface area (Å²) in [5.74, 6) is 0. The van der Waals surface area contributed by atoms with Gasteiger partial charge in [0.25, 0.3) is 0 Å². The van der Waals surface area contributed by atoms with Crippen molar-refractivity contribution < 1.29 is 17.1 Å². The maximum Gasteiger partial charge on any atom is 2.00 e. The fraction of sp³-hybridized carbons (Fsp3) is 0. The van der Waals surface area contributed by atoms with Gasteiger partial charge >= 0.3 is 17.1 Å². The molecule has 0 saturated heterocycles. The van der Waals surface area contributed by atoms with E-state index >= 15 is 0 Å². The van der Waals surface area contributed by atoms with Crippen LogP contribution in [-0.4, -0.2) is 0 Å². The van der Waals surface area contributed by atoms with Gasteiger partial charge in [-0.2, -0.15) is 35.6 Å². The van der Waals surface area contributed by atoms with Crippen LogP contribution >= 0.6 is 0 Å². The molecule has 0 unspecified atom stereocenters. The Bertz CT molecular complexity index is 200. The molecule has 0 fully saturated rings. The molecule has 1 rings (SSSR count). The van der Waals surface area contributed by atoms with E-state index in [1.54, 1.807) is 24.3 Å². The summed E-state index contributed by atoms with van der Waals surface area (Å²) in [4.78, 5) is 0. The molecule has 0 saturated carbocycles. The van der Waals surface area contributed by atoms with E-state index in [1.807, 2.05) is 6.07 Å². The molecule has 0 aliphatic rings. The Kier molecular flexibility index (Phi) is 7.60. The molecule has 0 N–H and O–H groups in total. The molecule has 0 atom stereocenters. The zero-order chi connectivity index (χ0) is 5.82. The van der Waals surface area contributed by atoms with Gasteiger partial charge in [0.2, 0.25) is 0 Å². The number of nitriles is 1. The van der Waals surface area contributed by atoms with Crippen LogP contribution in [0.3, 0.4) is 0 Å². The van der Waals surface area contributed by atoms with E-state index in [9.17, 15) is 0 Å². The Morgan fingerprint density at radius 3 is 2.10 bits per heavy atom. The molecule has 1 radical (unpaired) electrons. The van der Waals surface area contributed by atoms with E-state index < -0.39 is 0 Å². The summed E-state index contributed by atoms with van der Waals surface area (Å²) in [6.07, 6.45) is 0. The zero-order valence-electron chi connectivity index (χ0n) is 5.63. The normalized spacial score (nSPS) is 6.30. The number of nitrogens with zero attached hydrogens (tertiary/aromatic N) is 1. The van der Waals surface area contributed by atoms with Crippen molar-refractivity contribution in [3.63, 3.8) is 0 Å². The minimum atomic E-state index is 0. The van der Waals surface area contributed by atoms with Crippen LogP contribution in [0.15, 0.2) is 24.3 Å². The molecule has 1 nitrogen and oxygen atoms in total. The Hall–Kier alpha value is -0.771. The second kappa shape index (κ2) is 6.35. The first-order chi connectivity index (χ1) is 3.93. The van der Waals surface area contributed by atoms with Gasteiger partial charge in [0.05, 0.1) is 6.07 Å². The minimum Gasteiger partial charge on any atom is -0.358 e. The monoisotopic (exact) mass is 172 g/mol. The predicted molar refractivity (Wildman–Crippen MR) is 36.4 cm³/mol. The standard InChI is InChI=1S/C7H4N.CH3.Mn/c8-6-7-4-2-1-3-5-7;;/h2-5H;1H3;/q2*-1;+2. The van der Waals surface area contributed by atoms with Crippen LogP contribution in [0.4, 0.5) is 0 Å². The second-order valence-electron chi connectivity index (χ2n) is 1.40. The molecule has 0 heterocycles. The van der Waals surface area contributed by atoms with Crippen LogP contribution in [0.5, 0.6) is 0 Å². The Balaban J connectivity index is 0. The molecule has 51 valence electrons. The van der Waals surface area contributed by atoms with Crippen molar-refractivity contribution in [2.45, 2.75) is 0 Å². The van der Waals surface area contributed by atoms with Crippen molar-refractivity contribution in [3.8, 4) is 6.07 Å². The quantitative estimate of drug-likeness (QED) is 0.432. The Morgan fingerprint density at radius 1 is 1.30 bits per heavy atom. The van der Waals surface area contributed by atoms with Crippen molar-refractivity contribution in [1.82, 2.24) is 0 Å². The van der Waals surface area contributed by atoms with Gasteiger partial charge in [-0.05, 0) is 0 Å². The summed E-state index contributed by atoms with van der Waals surface area (Å²) in [7, 11) is 0. The molecule has 2 heteroatoms. The molecule has 0 aliphatic heterocycles. The van der Waals surface area contributed by atoms with Crippen molar-refractivity contribution in [2.24, 2.45) is 0 Å². The molecule has 0 bridgehead atoms. The maximum absolute atomic E-state index is 8.27. The number of hydrogen-bond donors (Lipinski definition) is 0. The number of benzene rings is 1. The van der Waals surface area contributed by atoms with Crippen molar-refractivity contribution in [2.75, 3.05) is 0 Å². The van der Waals surface area contributed by atoms with Crippen LogP contribution in [0.1, 0.15) is 5.56 Å². The SMILES string of the molecule is N#Cc1cc[c-]cc1.[CH3-].[Mn+2]. The van der Waals surface area contributed by atoms with Crippen molar-refractivity contribution in [3.05, 3.63) is 43.3 Å². The molecule has 1 aromatic carbocycles. The fourth-order valence-electron chi connectivity index (χ4n) is 0.461. The summed E-state index contributed by atoms with van der Waals surface area (Å²) in [6, 6.07) is 11.7. The molecule has 0 aliphatic carbocycles. The van der Waals surface area contributed by atoms with E-state index in [0.29, 0.717) is 5.56 Å². The fourth-order valence-corrected chi connectivity index (χ4v) is 0.461. The molecular formula is C8H7MnN. The van der Waals surface area contributed by atoms with E-state index in [-0.39, 0.29) is 24.5 Å². The molecular weight excluding hydrogens is 165 g/mol. The maximum atomic E-state index is 8.27. The Labute approximate surface area is 72.2 Å². The van der Waals surface area contributed by atoms with Crippen LogP contribution < -0.4 is 0 Å². The van der Waals surface area contributed by atoms with Crippen LogP contribution in [0.25, 0.3) is 0 Å². The average molecular weight is 172 g/mol. The average Bonchev–Trinajstić information content (AvgIpc) is 1.90. The van der Waals surface area contributed by atoms with Gasteiger partial charge in [-0.15, -0.1) is 0 Å². The van der Waals surface area contributed by atoms with Crippen LogP contribution in [-0.2, 0) is 17.1 Å². The summed E-state index contributed by atoms with van der Waals surface area (Å²) in [5.41, 5.74) is 0.684. The molecule has 0 aromatic heterocycles. The van der Waals surface area contributed by atoms with Gasteiger partial charge in [-0.3, -0.25) is 0 Å². The third-order valence-corrected chi connectivity index (χ3v) is 0.847. The first kappa shape index (κ1) is 12.0. The van der Waals surface area contributed by atoms with Crippen molar-refractivity contribution in [1.29, 1.82) is 5.26 Å². The molecule has 0 spiro atoms. The number of hydrogen-bond acceptors (Lipinski definition) is 1. The second-order valence-corrected chi connectivity index (χ2v) is 1.40. The smallest absolute Gasteiger partial charge is 0.358 e. The first-order valence-corrected chi connectivity index (χ1v) is 2.29. The third-order valence-electron chi connectivity index (χ3n) is 0.847. The minimum absolute atomic E-state index is 0. The van der Waals surface area contributed by atoms with Crippen LogP contribution in [0, 0.1) is 24.8 Å². The van der Waals surface area contributed by atoms with Gasteiger partial charge in [0.1, 0.15) is 0 Å². The van der Waals surface area contributed by atoms with E-state index in [1.165, 1.54) is 0 Å². The van der Waals surface area contributed by atoms with Gasteiger partial charge in [0, 0.05) is 0 Å².